The molecule has 4 aliphatic carbocycles. The fourth-order valence-electron chi connectivity index (χ4n) is 9.72. The first-order valence-electron chi connectivity index (χ1n) is 20.9. The van der Waals surface area contributed by atoms with Crippen molar-refractivity contribution >= 4 is 44.6 Å². The summed E-state index contributed by atoms with van der Waals surface area (Å²) in [4.78, 5) is 66.4. The standard InChI is InChI=1S/C43H49F4N5O8S/c1-40(2,3)27-17-34(54)60-33-15-23-14-26(23)25(33)7-5-6-10-43(46,47)35-37(50-30-13-22(20-48)8-9-29(30)49-35)59-24-16-31(52(21-24)38(27)55)32(53)19-42(18-28(42)36(44)45)39(56)51-61(57,58)41(4)11-12-41/h6,8-10,13,23-28,31,33,36H,5,7,11-12,14-19,21H2,1-4H3,(H,51,56)/b10-6+/t23-,24+,25+,26-,27+,28-,31-,33+,42+/m0/s1. The van der Waals surface area contributed by atoms with E-state index in [2.05, 4.69) is 9.97 Å². The summed E-state index contributed by atoms with van der Waals surface area (Å²) in [5.74, 6) is -9.92. The van der Waals surface area contributed by atoms with Gasteiger partial charge in [-0.2, -0.15) is 14.0 Å². The Morgan fingerprint density at radius 2 is 1.80 bits per heavy atom. The third-order valence-electron chi connectivity index (χ3n) is 14.0. The number of alkyl halides is 4. The number of nitriles is 1. The van der Waals surface area contributed by atoms with Crippen LogP contribution in [0.4, 0.5) is 17.6 Å². The molecule has 5 fully saturated rings. The number of halogens is 4. The maximum absolute atomic E-state index is 16.3. The summed E-state index contributed by atoms with van der Waals surface area (Å²) in [5.41, 5.74) is -3.56. The van der Waals surface area contributed by atoms with E-state index >= 15 is 8.78 Å². The number of hydrogen-bond donors (Lipinski definition) is 1. The molecule has 1 saturated heterocycles. The van der Waals surface area contributed by atoms with Crippen LogP contribution in [-0.2, 0) is 39.9 Å². The largest absolute Gasteiger partial charge is 0.471 e. The van der Waals surface area contributed by atoms with Gasteiger partial charge in [-0.05, 0) is 99.3 Å². The summed E-state index contributed by atoms with van der Waals surface area (Å²) in [6.45, 7) is 6.24. The van der Waals surface area contributed by atoms with Crippen LogP contribution in [0.5, 0.6) is 5.88 Å². The van der Waals surface area contributed by atoms with Crippen LogP contribution in [0.15, 0.2) is 30.4 Å². The summed E-state index contributed by atoms with van der Waals surface area (Å²) in [6.07, 6.45) is -1.93. The molecular formula is C43H49F4N5O8S. The van der Waals surface area contributed by atoms with Crippen LogP contribution in [0, 0.1) is 51.8 Å². The minimum absolute atomic E-state index is 0.0514. The lowest BCUT2D eigenvalue weighted by Gasteiger charge is -2.35. The first kappa shape index (κ1) is 43.0. The number of nitrogens with one attached hydrogen (secondary N) is 1. The Labute approximate surface area is 351 Å². The van der Waals surface area contributed by atoms with Gasteiger partial charge in [-0.3, -0.25) is 23.9 Å². The molecule has 2 amide bonds. The summed E-state index contributed by atoms with van der Waals surface area (Å²) in [7, 11) is -4.27. The van der Waals surface area contributed by atoms with Gasteiger partial charge in [-0.1, -0.05) is 26.8 Å². The van der Waals surface area contributed by atoms with Gasteiger partial charge in [0.2, 0.25) is 34.1 Å². The Morgan fingerprint density at radius 3 is 2.46 bits per heavy atom. The number of sulfonamides is 1. The van der Waals surface area contributed by atoms with E-state index in [4.69, 9.17) is 9.47 Å². The molecular weight excluding hydrogens is 823 g/mol. The van der Waals surface area contributed by atoms with Gasteiger partial charge in [0.05, 0.1) is 57.8 Å². The number of aromatic nitrogens is 2. The topological polar surface area (TPSA) is 186 Å². The van der Waals surface area contributed by atoms with E-state index in [1.54, 1.807) is 20.8 Å². The van der Waals surface area contributed by atoms with Gasteiger partial charge in [-0.15, -0.1) is 0 Å². The number of esters is 1. The molecule has 8 rings (SSSR count). The predicted molar refractivity (Wildman–Crippen MR) is 209 cm³/mol. The average molecular weight is 872 g/mol. The molecule has 0 unspecified atom stereocenters. The van der Waals surface area contributed by atoms with E-state index in [1.807, 2.05) is 10.8 Å². The van der Waals surface area contributed by atoms with E-state index < -0.39 is 123 Å². The molecule has 0 spiro atoms. The van der Waals surface area contributed by atoms with Gasteiger partial charge in [0.25, 0.3) is 0 Å². The van der Waals surface area contributed by atoms with Crippen molar-refractivity contribution in [2.45, 2.75) is 127 Å². The monoisotopic (exact) mass is 871 g/mol. The number of fused-ring (bicyclic) bond motifs is 7. The summed E-state index contributed by atoms with van der Waals surface area (Å²) in [5, 5.41) is 9.53. The van der Waals surface area contributed by atoms with Crippen LogP contribution in [0.25, 0.3) is 11.0 Å². The zero-order valence-corrected chi connectivity index (χ0v) is 35.2. The molecule has 2 bridgehead atoms. The van der Waals surface area contributed by atoms with Crippen molar-refractivity contribution in [2.24, 2.45) is 40.4 Å². The van der Waals surface area contributed by atoms with E-state index in [-0.39, 0.29) is 60.5 Å². The number of Topliss-reactive ketones (excluding diaryl/α,β-unsaturated/α-hetero) is 1. The van der Waals surface area contributed by atoms with Gasteiger partial charge in [0.15, 0.2) is 11.5 Å². The van der Waals surface area contributed by atoms with Crippen molar-refractivity contribution < 1.29 is 54.6 Å². The minimum atomic E-state index is -4.27. The fourth-order valence-corrected chi connectivity index (χ4v) is 11.1. The Balaban J connectivity index is 1.17. The average Bonchev–Trinajstić information content (AvgIpc) is 4.14. The molecule has 61 heavy (non-hydrogen) atoms. The van der Waals surface area contributed by atoms with Crippen molar-refractivity contribution in [1.29, 1.82) is 5.26 Å². The molecule has 1 N–H and O–H groups in total. The fraction of sp³-hybridized carbons (Fsp3) is 0.651. The Hall–Kier alpha value is -4.66. The number of carbonyl (C=O) groups is 4. The predicted octanol–water partition coefficient (Wildman–Crippen LogP) is 6.14. The van der Waals surface area contributed by atoms with Gasteiger partial charge in [-0.25, -0.2) is 27.2 Å². The number of rotatable bonds is 7. The Kier molecular flexibility index (Phi) is 10.6. The highest BCUT2D eigenvalue weighted by atomic mass is 32.2. The lowest BCUT2D eigenvalue weighted by atomic mass is 9.77. The van der Waals surface area contributed by atoms with Crippen LogP contribution in [0.1, 0.15) is 103 Å². The highest BCUT2D eigenvalue weighted by Crippen LogP contribution is 2.60. The number of amides is 2. The first-order chi connectivity index (χ1) is 28.6. The summed E-state index contributed by atoms with van der Waals surface area (Å²) >= 11 is 0. The highest BCUT2D eigenvalue weighted by Gasteiger charge is 2.67. The summed E-state index contributed by atoms with van der Waals surface area (Å²) in [6, 6.07) is 4.64. The molecule has 1 aromatic heterocycles. The van der Waals surface area contributed by atoms with Gasteiger partial charge >= 0.3 is 11.9 Å². The van der Waals surface area contributed by atoms with Crippen LogP contribution in [-0.4, -0.2) is 82.8 Å². The number of allylic oxidation sites excluding steroid dienone is 2. The maximum atomic E-state index is 16.3. The van der Waals surface area contributed by atoms with E-state index in [9.17, 15) is 41.6 Å². The molecule has 6 aliphatic rings. The van der Waals surface area contributed by atoms with E-state index in [0.717, 1.165) is 11.3 Å². The molecule has 328 valence electrons. The van der Waals surface area contributed by atoms with Crippen molar-refractivity contribution in [3.05, 3.63) is 41.6 Å². The molecule has 18 heteroatoms. The molecule has 2 aliphatic heterocycles. The van der Waals surface area contributed by atoms with Crippen LogP contribution >= 0.6 is 0 Å². The normalized spacial score (nSPS) is 33.5. The quantitative estimate of drug-likeness (QED) is 0.191. The second-order valence-corrected chi connectivity index (χ2v) is 21.5. The van der Waals surface area contributed by atoms with Gasteiger partial charge < -0.3 is 14.4 Å². The van der Waals surface area contributed by atoms with Crippen LogP contribution in [0.3, 0.4) is 0 Å². The van der Waals surface area contributed by atoms with Crippen LogP contribution in [0.2, 0.25) is 0 Å². The molecule has 2 aromatic rings. The van der Waals surface area contributed by atoms with E-state index in [0.29, 0.717) is 24.8 Å². The second-order valence-electron chi connectivity index (χ2n) is 19.3. The SMILES string of the molecule is CC(C)(C)[C@@H]1CC(=O)O[C@@H]2C[C@@H]3C[C@@H]3[C@H]2CC/C=C/C(F)(F)c2nc3ccc(C#N)cc3nc2O[C@@H]2C[C@@H](C(=O)C[C@]3(C(=O)NS(=O)(=O)C4(C)CC4)C[C@H]3C(F)F)N(C2)C1=O. The molecule has 9 atom stereocenters. The smallest absolute Gasteiger partial charge is 0.313 e. The Morgan fingerprint density at radius 1 is 1.07 bits per heavy atom. The first-order valence-corrected chi connectivity index (χ1v) is 22.4. The lowest BCUT2D eigenvalue weighted by molar-refractivity contribution is -0.158. The lowest BCUT2D eigenvalue weighted by Crippen LogP contribution is -2.49. The van der Waals surface area contributed by atoms with E-state index in [1.165, 1.54) is 31.2 Å². The molecule has 1 aromatic carbocycles. The van der Waals surface area contributed by atoms with Crippen LogP contribution < -0.4 is 9.46 Å². The third-order valence-corrected chi connectivity index (χ3v) is 16.2. The van der Waals surface area contributed by atoms with Crippen molar-refractivity contribution in [3.8, 4) is 11.9 Å². The van der Waals surface area contributed by atoms with Crippen molar-refractivity contribution in [3.63, 3.8) is 0 Å². The number of hydrogen-bond acceptors (Lipinski definition) is 11. The van der Waals surface area contributed by atoms with Gasteiger partial charge in [0.1, 0.15) is 12.2 Å². The van der Waals surface area contributed by atoms with Crippen molar-refractivity contribution in [2.75, 3.05) is 6.54 Å². The zero-order valence-electron chi connectivity index (χ0n) is 34.3. The third kappa shape index (κ3) is 8.11. The minimum Gasteiger partial charge on any atom is -0.471 e. The zero-order chi connectivity index (χ0) is 44.0. The number of benzene rings is 1. The molecule has 3 heterocycles. The highest BCUT2D eigenvalue weighted by molar-refractivity contribution is 7.91. The molecule has 0 radical (unpaired) electrons. The molecule has 13 nitrogen and oxygen atoms in total. The number of carbonyl (C=O) groups excluding carboxylic acids is 4. The number of ether oxygens (including phenoxy) is 2. The van der Waals surface area contributed by atoms with Gasteiger partial charge in [0, 0.05) is 18.8 Å². The summed E-state index contributed by atoms with van der Waals surface area (Å²) < 4.78 is 100. The maximum Gasteiger partial charge on any atom is 0.313 e. The second kappa shape index (κ2) is 15.0. The molecule has 4 saturated carbocycles. The number of ketones is 1. The van der Waals surface area contributed by atoms with Crippen molar-refractivity contribution in [1.82, 2.24) is 19.6 Å². The number of nitrogens with zero attached hydrogens (tertiary/aromatic N) is 4. The Bertz CT molecular complexity index is 2360.